The van der Waals surface area contributed by atoms with E-state index in [9.17, 15) is 13.8 Å². The zero-order chi connectivity index (χ0) is 17.0. The van der Waals surface area contributed by atoms with Crippen LogP contribution in [0.2, 0.25) is 0 Å². The van der Waals surface area contributed by atoms with E-state index in [2.05, 4.69) is 0 Å². The first-order valence-corrected chi connectivity index (χ1v) is 8.50. The van der Waals surface area contributed by atoms with E-state index < -0.39 is 13.4 Å². The van der Waals surface area contributed by atoms with Crippen LogP contribution in [0.1, 0.15) is 6.92 Å². The molecular formula is C16H18FO5P. The number of halogens is 1. The highest BCUT2D eigenvalue weighted by atomic mass is 31.2. The zero-order valence-electron chi connectivity index (χ0n) is 13.1. The number of hydrogen-bond acceptors (Lipinski definition) is 4. The highest BCUT2D eigenvalue weighted by molar-refractivity contribution is 7.61. The van der Waals surface area contributed by atoms with Crippen molar-refractivity contribution < 1.29 is 27.8 Å². The molecule has 2 aromatic rings. The lowest BCUT2D eigenvalue weighted by Crippen LogP contribution is -2.11. The number of benzene rings is 2. The molecule has 0 aromatic heterocycles. The first-order valence-electron chi connectivity index (χ1n) is 6.92. The van der Waals surface area contributed by atoms with E-state index in [1.165, 1.54) is 26.4 Å². The molecule has 0 bridgehead atoms. The van der Waals surface area contributed by atoms with Crippen molar-refractivity contribution >= 4 is 12.9 Å². The van der Waals surface area contributed by atoms with Gasteiger partial charge in [0.05, 0.1) is 26.1 Å². The lowest BCUT2D eigenvalue weighted by molar-refractivity contribution is 0.284. The maximum atomic E-state index is 13.6. The number of ether oxygens (including phenoxy) is 2. The summed E-state index contributed by atoms with van der Waals surface area (Å²) in [5, 5.41) is -0.0911. The van der Waals surface area contributed by atoms with Crippen LogP contribution in [0, 0.1) is 5.82 Å². The molecule has 0 saturated heterocycles. The average molecular weight is 340 g/mol. The van der Waals surface area contributed by atoms with Crippen molar-refractivity contribution in [2.75, 3.05) is 20.8 Å². The summed E-state index contributed by atoms with van der Waals surface area (Å²) in [7, 11) is -1.13. The Morgan fingerprint density at radius 3 is 2.39 bits per heavy atom. The van der Waals surface area contributed by atoms with Crippen molar-refractivity contribution in [3.8, 4) is 22.6 Å². The van der Waals surface area contributed by atoms with Gasteiger partial charge in [-0.2, -0.15) is 0 Å². The summed E-state index contributed by atoms with van der Waals surface area (Å²) in [5.74, 6) is 0.375. The third-order valence-electron chi connectivity index (χ3n) is 3.26. The van der Waals surface area contributed by atoms with Crippen LogP contribution < -0.4 is 14.8 Å². The summed E-state index contributed by atoms with van der Waals surface area (Å²) in [6.45, 7) is 1.63. The summed E-state index contributed by atoms with van der Waals surface area (Å²) < 4.78 is 41.2. The summed E-state index contributed by atoms with van der Waals surface area (Å²) in [6.07, 6.45) is 0. The summed E-state index contributed by atoms with van der Waals surface area (Å²) in [6, 6.07) is 8.70. The lowest BCUT2D eigenvalue weighted by atomic mass is 10.0. The maximum Gasteiger partial charge on any atom is 0.359 e. The van der Waals surface area contributed by atoms with E-state index in [4.69, 9.17) is 14.0 Å². The largest absolute Gasteiger partial charge is 0.493 e. The minimum absolute atomic E-state index is 0.0374. The molecule has 1 N–H and O–H groups in total. The topological polar surface area (TPSA) is 65.0 Å². The Morgan fingerprint density at radius 2 is 1.78 bits per heavy atom. The predicted octanol–water partition coefficient (Wildman–Crippen LogP) is 3.36. The van der Waals surface area contributed by atoms with E-state index in [0.29, 0.717) is 22.6 Å². The molecule has 124 valence electrons. The Labute approximate surface area is 134 Å². The number of rotatable bonds is 6. The first-order chi connectivity index (χ1) is 10.9. The highest BCUT2D eigenvalue weighted by Gasteiger charge is 2.27. The molecule has 5 nitrogen and oxygen atoms in total. The van der Waals surface area contributed by atoms with Crippen molar-refractivity contribution in [1.29, 1.82) is 0 Å². The van der Waals surface area contributed by atoms with Crippen molar-refractivity contribution in [1.82, 2.24) is 0 Å². The van der Waals surface area contributed by atoms with Gasteiger partial charge in [0.2, 0.25) is 0 Å². The smallest absolute Gasteiger partial charge is 0.359 e. The van der Waals surface area contributed by atoms with Crippen molar-refractivity contribution in [3.63, 3.8) is 0 Å². The van der Waals surface area contributed by atoms with Crippen LogP contribution in [0.4, 0.5) is 4.39 Å². The van der Waals surface area contributed by atoms with Crippen LogP contribution in [0.15, 0.2) is 36.4 Å². The predicted molar refractivity (Wildman–Crippen MR) is 86.0 cm³/mol. The van der Waals surface area contributed by atoms with Crippen LogP contribution in [0.3, 0.4) is 0 Å². The molecule has 0 heterocycles. The SMILES string of the molecule is CCOP(=O)(O)c1cc(F)ccc1-c1ccc(OC)c(OC)c1. The second-order valence-corrected chi connectivity index (χ2v) is 6.45. The molecule has 0 aliphatic carbocycles. The van der Waals surface area contributed by atoms with E-state index in [0.717, 1.165) is 6.07 Å². The third-order valence-corrected chi connectivity index (χ3v) is 4.85. The Kier molecular flexibility index (Phi) is 5.42. The Morgan fingerprint density at radius 1 is 1.09 bits per heavy atom. The molecule has 23 heavy (non-hydrogen) atoms. The minimum Gasteiger partial charge on any atom is -0.493 e. The molecule has 0 spiro atoms. The van der Waals surface area contributed by atoms with Crippen molar-refractivity contribution in [2.45, 2.75) is 6.92 Å². The molecule has 0 saturated carbocycles. The molecule has 7 heteroatoms. The fourth-order valence-corrected chi connectivity index (χ4v) is 3.51. The van der Waals surface area contributed by atoms with Crippen LogP contribution in [-0.2, 0) is 9.09 Å². The molecule has 0 fully saturated rings. The second kappa shape index (κ2) is 7.13. The number of hydrogen-bond donors (Lipinski definition) is 1. The summed E-state index contributed by atoms with van der Waals surface area (Å²) >= 11 is 0. The maximum absolute atomic E-state index is 13.6. The monoisotopic (exact) mass is 340 g/mol. The molecule has 1 atom stereocenters. The van der Waals surface area contributed by atoms with E-state index in [1.807, 2.05) is 0 Å². The van der Waals surface area contributed by atoms with Gasteiger partial charge in [0, 0.05) is 0 Å². The molecule has 0 aliphatic heterocycles. The molecule has 1 unspecified atom stereocenters. The van der Waals surface area contributed by atoms with Gasteiger partial charge in [-0.3, -0.25) is 4.57 Å². The standard InChI is InChI=1S/C16H18FO5P/c1-4-22-23(18,19)16-10-12(17)6-7-13(16)11-5-8-14(20-2)15(9-11)21-3/h5-10H,4H2,1-3H3,(H,18,19). The Bertz CT molecular complexity index is 747. The van der Waals surface area contributed by atoms with E-state index in [-0.39, 0.29) is 11.9 Å². The van der Waals surface area contributed by atoms with E-state index in [1.54, 1.807) is 25.1 Å². The fraction of sp³-hybridized carbons (Fsp3) is 0.250. The lowest BCUT2D eigenvalue weighted by Gasteiger charge is -2.16. The molecule has 2 aromatic carbocycles. The van der Waals surface area contributed by atoms with Gasteiger partial charge >= 0.3 is 7.60 Å². The van der Waals surface area contributed by atoms with Gasteiger partial charge in [-0.05, 0) is 42.3 Å². The van der Waals surface area contributed by atoms with Crippen molar-refractivity contribution in [3.05, 3.63) is 42.2 Å². The van der Waals surface area contributed by atoms with Crippen LogP contribution in [-0.4, -0.2) is 25.7 Å². The summed E-state index contributed by atoms with van der Waals surface area (Å²) in [4.78, 5) is 10.1. The Hall–Kier alpha value is -1.88. The highest BCUT2D eigenvalue weighted by Crippen LogP contribution is 2.44. The minimum atomic E-state index is -4.13. The zero-order valence-corrected chi connectivity index (χ0v) is 14.0. The second-order valence-electron chi connectivity index (χ2n) is 4.67. The Balaban J connectivity index is 2.62. The number of methoxy groups -OCH3 is 2. The molecular weight excluding hydrogens is 322 g/mol. The van der Waals surface area contributed by atoms with Crippen LogP contribution in [0.25, 0.3) is 11.1 Å². The van der Waals surface area contributed by atoms with Gasteiger partial charge in [-0.1, -0.05) is 12.1 Å². The van der Waals surface area contributed by atoms with Gasteiger partial charge in [0.25, 0.3) is 0 Å². The molecule has 0 aliphatic rings. The van der Waals surface area contributed by atoms with E-state index >= 15 is 0 Å². The quantitative estimate of drug-likeness (QED) is 0.817. The van der Waals surface area contributed by atoms with Gasteiger partial charge in [0.1, 0.15) is 5.82 Å². The average Bonchev–Trinajstić information content (AvgIpc) is 2.54. The third kappa shape index (κ3) is 3.72. The molecule has 0 amide bonds. The molecule has 0 radical (unpaired) electrons. The van der Waals surface area contributed by atoms with Gasteiger partial charge in [0.15, 0.2) is 11.5 Å². The van der Waals surface area contributed by atoms with Gasteiger partial charge in [-0.15, -0.1) is 0 Å². The van der Waals surface area contributed by atoms with Gasteiger partial charge < -0.3 is 18.9 Å². The van der Waals surface area contributed by atoms with Crippen LogP contribution >= 0.6 is 7.60 Å². The normalized spacial score (nSPS) is 13.4. The first kappa shape index (κ1) is 17.5. The van der Waals surface area contributed by atoms with Crippen molar-refractivity contribution in [2.24, 2.45) is 0 Å². The fourth-order valence-electron chi connectivity index (χ4n) is 2.23. The van der Waals surface area contributed by atoms with Crippen LogP contribution in [0.5, 0.6) is 11.5 Å². The summed E-state index contributed by atoms with van der Waals surface area (Å²) in [5.41, 5.74) is 0.985. The molecule has 2 rings (SSSR count). The van der Waals surface area contributed by atoms with Gasteiger partial charge in [-0.25, -0.2) is 4.39 Å².